The molecule has 0 N–H and O–H groups in total. The van der Waals surface area contributed by atoms with Crippen LogP contribution in [0.25, 0.3) is 111 Å². The van der Waals surface area contributed by atoms with E-state index in [1.165, 1.54) is 110 Å². The largest absolute Gasteiger partial charge is 0.0616 e. The highest BCUT2D eigenvalue weighted by molar-refractivity contribution is 6.22. The zero-order valence-corrected chi connectivity index (χ0v) is 29.6. The number of fused-ring (bicyclic) bond motifs is 6. The molecular formula is C54H34. The summed E-state index contributed by atoms with van der Waals surface area (Å²) in [5, 5.41) is 10.3. The third kappa shape index (κ3) is 4.92. The van der Waals surface area contributed by atoms with Gasteiger partial charge in [0.1, 0.15) is 0 Å². The van der Waals surface area contributed by atoms with Crippen molar-refractivity contribution in [3.63, 3.8) is 0 Å². The van der Waals surface area contributed by atoms with E-state index in [1.807, 2.05) is 0 Å². The lowest BCUT2D eigenvalue weighted by molar-refractivity contribution is 1.61. The molecule has 250 valence electrons. The summed E-state index contributed by atoms with van der Waals surface area (Å²) >= 11 is 0. The van der Waals surface area contributed by atoms with Crippen LogP contribution < -0.4 is 0 Å². The van der Waals surface area contributed by atoms with Crippen LogP contribution in [0.3, 0.4) is 0 Å². The number of hydrogen-bond donors (Lipinski definition) is 0. The van der Waals surface area contributed by atoms with E-state index in [9.17, 15) is 0 Å². The van der Waals surface area contributed by atoms with Gasteiger partial charge in [-0.2, -0.15) is 0 Å². The van der Waals surface area contributed by atoms with E-state index in [-0.39, 0.29) is 0 Å². The highest BCUT2D eigenvalue weighted by atomic mass is 14.3. The fourth-order valence-corrected chi connectivity index (χ4v) is 8.81. The summed E-state index contributed by atoms with van der Waals surface area (Å²) in [6.45, 7) is 0. The average molecular weight is 683 g/mol. The molecular weight excluding hydrogens is 649 g/mol. The minimum atomic E-state index is 1.18. The quantitative estimate of drug-likeness (QED) is 0.125. The summed E-state index contributed by atoms with van der Waals surface area (Å²) in [7, 11) is 0. The van der Waals surface area contributed by atoms with Crippen LogP contribution in [0.1, 0.15) is 11.1 Å². The molecule has 10 aromatic carbocycles. The first-order valence-corrected chi connectivity index (χ1v) is 18.7. The summed E-state index contributed by atoms with van der Waals surface area (Å²) < 4.78 is 0. The van der Waals surface area contributed by atoms with Crippen LogP contribution in [0.5, 0.6) is 0 Å². The van der Waals surface area contributed by atoms with Gasteiger partial charge < -0.3 is 0 Å². The van der Waals surface area contributed by atoms with Gasteiger partial charge in [-0.3, -0.25) is 0 Å². The second-order valence-electron chi connectivity index (χ2n) is 14.5. The van der Waals surface area contributed by atoms with Crippen LogP contribution in [-0.4, -0.2) is 0 Å². The molecule has 1 aliphatic carbocycles. The van der Waals surface area contributed by atoms with Gasteiger partial charge in [-0.05, 0) is 122 Å². The summed E-state index contributed by atoms with van der Waals surface area (Å²) in [4.78, 5) is 0. The zero-order chi connectivity index (χ0) is 35.6. The highest BCUT2D eigenvalue weighted by Gasteiger charge is 2.23. The van der Waals surface area contributed by atoms with Gasteiger partial charge >= 0.3 is 0 Å². The molecule has 11 rings (SSSR count). The van der Waals surface area contributed by atoms with Crippen molar-refractivity contribution in [2.75, 3.05) is 0 Å². The first kappa shape index (κ1) is 30.6. The van der Waals surface area contributed by atoms with E-state index < -0.39 is 0 Å². The Hall–Kier alpha value is -7.02. The molecule has 0 aliphatic heterocycles. The predicted octanol–water partition coefficient (Wildman–Crippen LogP) is 15.1. The highest BCUT2D eigenvalue weighted by Crippen LogP contribution is 2.50. The molecule has 0 nitrogen and oxygen atoms in total. The topological polar surface area (TPSA) is 0 Å². The van der Waals surface area contributed by atoms with E-state index in [0.29, 0.717) is 0 Å². The van der Waals surface area contributed by atoms with Crippen molar-refractivity contribution in [3.05, 3.63) is 205 Å². The summed E-state index contributed by atoms with van der Waals surface area (Å²) in [5.41, 5.74) is 15.2. The van der Waals surface area contributed by atoms with E-state index >= 15 is 0 Å². The summed E-state index contributed by atoms with van der Waals surface area (Å²) in [6, 6.07) is 71.4. The smallest absolute Gasteiger partial charge is 0.00261 e. The molecule has 0 saturated heterocycles. The standard InChI is InChI=1S/C54H34/c1-2-10-41-33-42(30-29-37(41)9-1)38-25-21-35(22-26-38)19-20-36-23-27-40(28-24-36)53-46-13-3-5-15-48(46)54(49-16-6-4-14-47(49)53)43-31-32-44-45-17-7-11-39-12-8-18-50(52(39)45)51(44)34-43/h1-34H/b20-19+. The van der Waals surface area contributed by atoms with Gasteiger partial charge in [0, 0.05) is 0 Å². The van der Waals surface area contributed by atoms with Crippen molar-refractivity contribution < 1.29 is 0 Å². The van der Waals surface area contributed by atoms with Gasteiger partial charge in [0.2, 0.25) is 0 Å². The Morgan fingerprint density at radius 3 is 1.37 bits per heavy atom. The minimum Gasteiger partial charge on any atom is -0.0616 e. The van der Waals surface area contributed by atoms with Crippen LogP contribution in [0.4, 0.5) is 0 Å². The molecule has 0 aromatic heterocycles. The lowest BCUT2D eigenvalue weighted by Gasteiger charge is -2.18. The molecule has 54 heavy (non-hydrogen) atoms. The van der Waals surface area contributed by atoms with Crippen molar-refractivity contribution in [3.8, 4) is 55.6 Å². The minimum absolute atomic E-state index is 1.18. The number of hydrogen-bond acceptors (Lipinski definition) is 0. The SMILES string of the molecule is C(=C\c1ccc(-c2c3ccccc3c(-c3ccc4c(c3)-c3cccc5cccc-4c35)c3ccccc23)cc1)/c1ccc(-c2ccc3ccccc3c2)cc1. The second-order valence-corrected chi connectivity index (χ2v) is 14.5. The van der Waals surface area contributed by atoms with Crippen LogP contribution >= 0.6 is 0 Å². The first-order chi connectivity index (χ1) is 26.8. The van der Waals surface area contributed by atoms with E-state index in [4.69, 9.17) is 0 Å². The number of benzene rings is 10. The number of rotatable bonds is 5. The molecule has 0 fully saturated rings. The molecule has 0 atom stereocenters. The fourth-order valence-electron chi connectivity index (χ4n) is 8.81. The third-order valence-corrected chi connectivity index (χ3v) is 11.4. The normalized spacial score (nSPS) is 12.0. The van der Waals surface area contributed by atoms with Gasteiger partial charge in [-0.15, -0.1) is 0 Å². The first-order valence-electron chi connectivity index (χ1n) is 18.7. The van der Waals surface area contributed by atoms with Gasteiger partial charge in [-0.25, -0.2) is 0 Å². The Labute approximate surface area is 314 Å². The second kappa shape index (κ2) is 12.3. The van der Waals surface area contributed by atoms with Crippen molar-refractivity contribution in [1.29, 1.82) is 0 Å². The zero-order valence-electron chi connectivity index (χ0n) is 29.6. The Kier molecular flexibility index (Phi) is 6.97. The van der Waals surface area contributed by atoms with E-state index in [2.05, 4.69) is 206 Å². The van der Waals surface area contributed by atoms with Gasteiger partial charge in [-0.1, -0.05) is 194 Å². The summed E-state index contributed by atoms with van der Waals surface area (Å²) in [6.07, 6.45) is 4.41. The Morgan fingerprint density at radius 1 is 0.259 bits per heavy atom. The molecule has 0 bridgehead atoms. The maximum absolute atomic E-state index is 2.43. The van der Waals surface area contributed by atoms with Crippen LogP contribution in [0.15, 0.2) is 194 Å². The van der Waals surface area contributed by atoms with Gasteiger partial charge in [0.15, 0.2) is 0 Å². The molecule has 0 unspecified atom stereocenters. The molecule has 10 aromatic rings. The van der Waals surface area contributed by atoms with Crippen molar-refractivity contribution >= 4 is 55.2 Å². The molecule has 0 heterocycles. The Balaban J connectivity index is 0.948. The average Bonchev–Trinajstić information content (AvgIpc) is 3.56. The van der Waals surface area contributed by atoms with Crippen molar-refractivity contribution in [1.82, 2.24) is 0 Å². The van der Waals surface area contributed by atoms with Gasteiger partial charge in [0.25, 0.3) is 0 Å². The van der Waals surface area contributed by atoms with Crippen LogP contribution in [0.2, 0.25) is 0 Å². The molecule has 0 saturated carbocycles. The summed E-state index contributed by atoms with van der Waals surface area (Å²) in [5.74, 6) is 0. The Morgan fingerprint density at radius 2 is 0.741 bits per heavy atom. The predicted molar refractivity (Wildman–Crippen MR) is 233 cm³/mol. The van der Waals surface area contributed by atoms with Crippen molar-refractivity contribution in [2.24, 2.45) is 0 Å². The molecule has 0 amide bonds. The van der Waals surface area contributed by atoms with Crippen molar-refractivity contribution in [2.45, 2.75) is 0 Å². The molecule has 0 radical (unpaired) electrons. The molecule has 1 aliphatic rings. The monoisotopic (exact) mass is 682 g/mol. The maximum atomic E-state index is 2.43. The molecule has 0 heteroatoms. The fraction of sp³-hybridized carbons (Fsp3) is 0. The van der Waals surface area contributed by atoms with Crippen LogP contribution in [0, 0.1) is 0 Å². The van der Waals surface area contributed by atoms with E-state index in [0.717, 1.165) is 0 Å². The molecule has 0 spiro atoms. The maximum Gasteiger partial charge on any atom is -0.00261 e. The Bertz CT molecular complexity index is 3060. The lowest BCUT2D eigenvalue weighted by atomic mass is 9.85. The lowest BCUT2D eigenvalue weighted by Crippen LogP contribution is -1.91. The third-order valence-electron chi connectivity index (χ3n) is 11.4. The van der Waals surface area contributed by atoms with Crippen LogP contribution in [-0.2, 0) is 0 Å². The van der Waals surface area contributed by atoms with Gasteiger partial charge in [0.05, 0.1) is 0 Å². The van der Waals surface area contributed by atoms with E-state index in [1.54, 1.807) is 0 Å².